The van der Waals surface area contributed by atoms with Crippen LogP contribution in [0.1, 0.15) is 57.7 Å². The minimum atomic E-state index is -1.92. The number of aromatic nitrogens is 2. The molecule has 2 aromatic rings. The van der Waals surface area contributed by atoms with E-state index >= 15 is 0 Å². The maximum atomic E-state index is 14.4. The Morgan fingerprint density at radius 3 is 2.50 bits per heavy atom. The summed E-state index contributed by atoms with van der Waals surface area (Å²) in [6.07, 6.45) is 1.33. The number of aromatic amines is 1. The van der Waals surface area contributed by atoms with Crippen molar-refractivity contribution < 1.29 is 28.6 Å². The monoisotopic (exact) mass is 528 g/mol. The number of ether oxygens (including phenoxy) is 1. The second-order valence-corrected chi connectivity index (χ2v) is 11.6. The molecule has 0 spiro atoms. The molecule has 4 N–H and O–H groups in total. The summed E-state index contributed by atoms with van der Waals surface area (Å²) >= 11 is 0. The molecule has 1 unspecified atom stereocenters. The molecule has 0 bridgehead atoms. The molecule has 10 heteroatoms. The summed E-state index contributed by atoms with van der Waals surface area (Å²) < 4.78 is 19.9. The minimum absolute atomic E-state index is 0.113. The smallest absolute Gasteiger partial charge is 0.258 e. The first-order chi connectivity index (χ1) is 17.8. The Balaban J connectivity index is 1.47. The molecule has 2 aliphatic rings. The Morgan fingerprint density at radius 1 is 1.24 bits per heavy atom. The van der Waals surface area contributed by atoms with Crippen molar-refractivity contribution in [1.29, 1.82) is 0 Å². The quantitative estimate of drug-likeness (QED) is 0.396. The van der Waals surface area contributed by atoms with Crippen molar-refractivity contribution >= 4 is 17.6 Å². The third kappa shape index (κ3) is 5.75. The summed E-state index contributed by atoms with van der Waals surface area (Å²) in [5.41, 5.74) is 0.761. The number of Topliss-reactive ketones (excluding diaryl/α,β-unsaturated/α-hetero) is 1. The van der Waals surface area contributed by atoms with E-state index in [-0.39, 0.29) is 43.9 Å². The number of methoxy groups -OCH3 is 1. The van der Waals surface area contributed by atoms with Crippen LogP contribution in [0.25, 0.3) is 11.3 Å². The highest BCUT2D eigenvalue weighted by Gasteiger charge is 2.53. The normalized spacial score (nSPS) is 23.0. The van der Waals surface area contributed by atoms with Crippen molar-refractivity contribution in [2.24, 2.45) is 17.3 Å². The number of H-pyrrole nitrogens is 1. The lowest BCUT2D eigenvalue weighted by atomic mass is 9.77. The van der Waals surface area contributed by atoms with Crippen molar-refractivity contribution in [3.63, 3.8) is 0 Å². The van der Waals surface area contributed by atoms with Crippen LogP contribution >= 0.6 is 0 Å². The van der Waals surface area contributed by atoms with Gasteiger partial charge in [0.15, 0.2) is 11.5 Å². The molecule has 0 saturated heterocycles. The molecule has 4 atom stereocenters. The number of aliphatic hydroxyl groups is 1. The Labute approximate surface area is 221 Å². The number of hydrogen-bond donors (Lipinski definition) is 4. The molecule has 2 aliphatic carbocycles. The maximum Gasteiger partial charge on any atom is 0.258 e. The molecule has 1 aromatic heterocycles. The van der Waals surface area contributed by atoms with E-state index in [9.17, 15) is 23.9 Å². The second kappa shape index (κ2) is 10.5. The van der Waals surface area contributed by atoms with Gasteiger partial charge in [-0.1, -0.05) is 32.9 Å². The number of aryl methyl sites for hydroxylation is 1. The van der Waals surface area contributed by atoms with Crippen molar-refractivity contribution in [1.82, 2.24) is 20.6 Å². The van der Waals surface area contributed by atoms with Gasteiger partial charge in [0.1, 0.15) is 5.75 Å². The lowest BCUT2D eigenvalue weighted by Crippen LogP contribution is -2.54. The Kier molecular flexibility index (Phi) is 7.65. The number of aliphatic hydroxyl groups excluding tert-OH is 1. The summed E-state index contributed by atoms with van der Waals surface area (Å²) in [4.78, 5) is 46.7. The molecular formula is C28H37FN4O5. The van der Waals surface area contributed by atoms with Gasteiger partial charge in [-0.2, -0.15) is 0 Å². The van der Waals surface area contributed by atoms with E-state index in [1.807, 2.05) is 25.1 Å². The van der Waals surface area contributed by atoms with Crippen LogP contribution in [-0.2, 0) is 20.9 Å². The number of hydrogen-bond acceptors (Lipinski definition) is 6. The van der Waals surface area contributed by atoms with Crippen LogP contribution in [0.2, 0.25) is 0 Å². The van der Waals surface area contributed by atoms with Crippen LogP contribution < -0.4 is 15.4 Å². The lowest BCUT2D eigenvalue weighted by Gasteiger charge is -2.33. The first-order valence-corrected chi connectivity index (χ1v) is 13.0. The van der Waals surface area contributed by atoms with E-state index in [4.69, 9.17) is 4.74 Å². The van der Waals surface area contributed by atoms with Gasteiger partial charge in [-0.3, -0.25) is 14.4 Å². The average Bonchev–Trinajstić information content (AvgIpc) is 3.28. The van der Waals surface area contributed by atoms with Crippen LogP contribution in [0.5, 0.6) is 5.75 Å². The van der Waals surface area contributed by atoms with Crippen LogP contribution in [0.4, 0.5) is 4.39 Å². The Hall–Kier alpha value is -3.27. The summed E-state index contributed by atoms with van der Waals surface area (Å²) in [5, 5.41) is 15.9. The zero-order valence-electron chi connectivity index (χ0n) is 22.6. The molecular weight excluding hydrogens is 491 g/mol. The number of carbonyl (C=O) groups is 3. The van der Waals surface area contributed by atoms with E-state index < -0.39 is 41.0 Å². The van der Waals surface area contributed by atoms with Gasteiger partial charge in [-0.05, 0) is 44.1 Å². The van der Waals surface area contributed by atoms with Crippen molar-refractivity contribution in [3.8, 4) is 17.0 Å². The maximum absolute atomic E-state index is 14.4. The molecule has 0 aliphatic heterocycles. The molecule has 206 valence electrons. The Morgan fingerprint density at radius 2 is 1.92 bits per heavy atom. The fourth-order valence-electron chi connectivity index (χ4n) is 5.16. The van der Waals surface area contributed by atoms with Crippen molar-refractivity contribution in [2.45, 2.75) is 77.7 Å². The third-order valence-electron chi connectivity index (χ3n) is 7.62. The average molecular weight is 529 g/mol. The molecule has 4 rings (SSSR count). The standard InChI is InChI=1S/C28H37FN4O5/c1-15-22(32-14-31-15)16-6-7-17(21(10-16)38-5)13-30-25(36)20-12-18(34)11-19(20)23(35)24(27(2,3)4)33-26(37)28(29)8-9-28/h6-7,10,14,18-20,24,34H,8-9,11-13H2,1-5H3,(H,30,36)(H,31,32)(H,33,37)/t18-,19?,20+,24+/m0/s1. The van der Waals surface area contributed by atoms with Crippen molar-refractivity contribution in [3.05, 3.63) is 35.8 Å². The number of nitrogens with zero attached hydrogens (tertiary/aromatic N) is 1. The fourth-order valence-corrected chi connectivity index (χ4v) is 5.16. The molecule has 38 heavy (non-hydrogen) atoms. The number of alkyl halides is 1. The molecule has 2 amide bonds. The predicted octanol–water partition coefficient (Wildman–Crippen LogP) is 3.00. The summed E-state index contributed by atoms with van der Waals surface area (Å²) in [5.74, 6) is -2.48. The number of nitrogens with one attached hydrogen (secondary N) is 3. The number of benzene rings is 1. The number of ketones is 1. The van der Waals surface area contributed by atoms with E-state index in [0.29, 0.717) is 5.75 Å². The van der Waals surface area contributed by atoms with E-state index in [0.717, 1.165) is 22.5 Å². The highest BCUT2D eigenvalue weighted by atomic mass is 19.1. The number of amides is 2. The van der Waals surface area contributed by atoms with Gasteiger partial charge in [-0.25, -0.2) is 9.37 Å². The number of halogens is 1. The fraction of sp³-hybridized carbons (Fsp3) is 0.571. The number of imidazole rings is 1. The van der Waals surface area contributed by atoms with Gasteiger partial charge >= 0.3 is 0 Å². The zero-order valence-corrected chi connectivity index (χ0v) is 22.6. The second-order valence-electron chi connectivity index (χ2n) is 11.6. The highest BCUT2D eigenvalue weighted by molar-refractivity contribution is 5.97. The molecule has 9 nitrogen and oxygen atoms in total. The van der Waals surface area contributed by atoms with Gasteiger partial charge in [0.25, 0.3) is 5.91 Å². The third-order valence-corrected chi connectivity index (χ3v) is 7.62. The lowest BCUT2D eigenvalue weighted by molar-refractivity contribution is -0.138. The van der Waals surface area contributed by atoms with Crippen LogP contribution in [-0.4, -0.2) is 57.6 Å². The van der Waals surface area contributed by atoms with Crippen molar-refractivity contribution in [2.75, 3.05) is 7.11 Å². The number of carbonyl (C=O) groups excluding carboxylic acids is 3. The highest BCUT2D eigenvalue weighted by Crippen LogP contribution is 2.41. The van der Waals surface area contributed by atoms with E-state index in [1.165, 1.54) is 0 Å². The predicted molar refractivity (Wildman–Crippen MR) is 139 cm³/mol. The SMILES string of the molecule is COc1cc(-c2[nH]cnc2C)ccc1CNC(=O)[C@@H]1C[C@@H](O)CC1C(=O)[C@@H](NC(=O)C1(F)CC1)C(C)(C)C. The Bertz CT molecular complexity index is 1220. The van der Waals surface area contributed by atoms with Gasteiger partial charge < -0.3 is 25.5 Å². The number of rotatable bonds is 9. The van der Waals surface area contributed by atoms with Gasteiger partial charge in [0.05, 0.1) is 42.9 Å². The molecule has 1 aromatic carbocycles. The zero-order chi connectivity index (χ0) is 27.8. The van der Waals surface area contributed by atoms with Gasteiger partial charge in [0, 0.05) is 23.6 Å². The summed E-state index contributed by atoms with van der Waals surface area (Å²) in [6, 6.07) is 4.65. The topological polar surface area (TPSA) is 133 Å². The molecule has 2 fully saturated rings. The molecule has 0 radical (unpaired) electrons. The summed E-state index contributed by atoms with van der Waals surface area (Å²) in [6.45, 7) is 7.43. The molecule has 1 heterocycles. The van der Waals surface area contributed by atoms with Crippen LogP contribution in [0.3, 0.4) is 0 Å². The minimum Gasteiger partial charge on any atom is -0.496 e. The van der Waals surface area contributed by atoms with E-state index in [2.05, 4.69) is 20.6 Å². The van der Waals surface area contributed by atoms with Gasteiger partial charge in [0.2, 0.25) is 5.91 Å². The van der Waals surface area contributed by atoms with Gasteiger partial charge in [-0.15, -0.1) is 0 Å². The van der Waals surface area contributed by atoms with Crippen LogP contribution in [0, 0.1) is 24.2 Å². The first kappa shape index (κ1) is 27.8. The largest absolute Gasteiger partial charge is 0.496 e. The molecule has 2 saturated carbocycles. The van der Waals surface area contributed by atoms with E-state index in [1.54, 1.807) is 34.2 Å². The van der Waals surface area contributed by atoms with Crippen LogP contribution in [0.15, 0.2) is 24.5 Å². The first-order valence-electron chi connectivity index (χ1n) is 13.0. The summed E-state index contributed by atoms with van der Waals surface area (Å²) in [7, 11) is 1.55.